The lowest BCUT2D eigenvalue weighted by Crippen LogP contribution is -2.21. The van der Waals surface area contributed by atoms with E-state index in [2.05, 4.69) is 29.0 Å². The van der Waals surface area contributed by atoms with Gasteiger partial charge in [0, 0.05) is 17.6 Å². The molecule has 1 N–H and O–H groups in total. The standard InChI is InChI=1S/C11H18N2S2/c1-2-11-13-7-10(15-11)6-12-5-9-3-4-14-8-9/h7,9,12H,2-6,8H2,1H3. The number of rotatable bonds is 5. The van der Waals surface area contributed by atoms with E-state index in [-0.39, 0.29) is 0 Å². The average Bonchev–Trinajstić information content (AvgIpc) is 2.88. The Balaban J connectivity index is 1.68. The van der Waals surface area contributed by atoms with Crippen molar-refractivity contribution in [2.75, 3.05) is 18.1 Å². The van der Waals surface area contributed by atoms with Crippen LogP contribution < -0.4 is 5.32 Å². The third-order valence-electron chi connectivity index (χ3n) is 2.66. The Bertz CT molecular complexity index is 293. The minimum absolute atomic E-state index is 0.897. The largest absolute Gasteiger partial charge is 0.311 e. The molecular weight excluding hydrogens is 224 g/mol. The number of thiazole rings is 1. The van der Waals surface area contributed by atoms with Gasteiger partial charge in [-0.25, -0.2) is 4.98 Å². The van der Waals surface area contributed by atoms with E-state index in [0.29, 0.717) is 0 Å². The van der Waals surface area contributed by atoms with Gasteiger partial charge in [-0.15, -0.1) is 11.3 Å². The van der Waals surface area contributed by atoms with Crippen LogP contribution in [-0.4, -0.2) is 23.0 Å². The smallest absolute Gasteiger partial charge is 0.0925 e. The molecule has 2 nitrogen and oxygen atoms in total. The highest BCUT2D eigenvalue weighted by Gasteiger charge is 2.14. The lowest BCUT2D eigenvalue weighted by Gasteiger charge is -2.08. The zero-order chi connectivity index (χ0) is 10.5. The first-order valence-electron chi connectivity index (χ1n) is 5.60. The van der Waals surface area contributed by atoms with Gasteiger partial charge in [0.25, 0.3) is 0 Å². The second kappa shape index (κ2) is 5.87. The van der Waals surface area contributed by atoms with E-state index in [1.165, 1.54) is 34.4 Å². The molecule has 0 saturated carbocycles. The molecule has 15 heavy (non-hydrogen) atoms. The van der Waals surface area contributed by atoms with Crippen molar-refractivity contribution in [3.05, 3.63) is 16.1 Å². The minimum Gasteiger partial charge on any atom is -0.311 e. The first-order valence-corrected chi connectivity index (χ1v) is 7.57. The molecule has 0 aromatic carbocycles. The van der Waals surface area contributed by atoms with Gasteiger partial charge in [0.1, 0.15) is 0 Å². The topological polar surface area (TPSA) is 24.9 Å². The second-order valence-corrected chi connectivity index (χ2v) is 6.28. The van der Waals surface area contributed by atoms with Gasteiger partial charge in [-0.1, -0.05) is 6.92 Å². The van der Waals surface area contributed by atoms with Crippen LogP contribution in [0.25, 0.3) is 0 Å². The summed E-state index contributed by atoms with van der Waals surface area (Å²) in [5, 5.41) is 4.79. The third-order valence-corrected chi connectivity index (χ3v) is 5.03. The Morgan fingerprint density at radius 1 is 1.60 bits per heavy atom. The molecule has 4 heteroatoms. The minimum atomic E-state index is 0.897. The zero-order valence-electron chi connectivity index (χ0n) is 9.16. The molecule has 0 amide bonds. The van der Waals surface area contributed by atoms with Crippen molar-refractivity contribution in [1.29, 1.82) is 0 Å². The molecule has 0 aliphatic carbocycles. The summed E-state index contributed by atoms with van der Waals surface area (Å²) >= 11 is 3.92. The fourth-order valence-electron chi connectivity index (χ4n) is 1.74. The molecule has 1 unspecified atom stereocenters. The van der Waals surface area contributed by atoms with E-state index >= 15 is 0 Å². The van der Waals surface area contributed by atoms with Gasteiger partial charge >= 0.3 is 0 Å². The van der Waals surface area contributed by atoms with Crippen molar-refractivity contribution in [3.8, 4) is 0 Å². The van der Waals surface area contributed by atoms with Crippen LogP contribution in [0.5, 0.6) is 0 Å². The van der Waals surface area contributed by atoms with Crippen molar-refractivity contribution in [1.82, 2.24) is 10.3 Å². The predicted octanol–water partition coefficient (Wildman–Crippen LogP) is 2.55. The summed E-state index contributed by atoms with van der Waals surface area (Å²) in [6, 6.07) is 0. The molecule has 1 fully saturated rings. The van der Waals surface area contributed by atoms with Gasteiger partial charge in [0.2, 0.25) is 0 Å². The summed E-state index contributed by atoms with van der Waals surface area (Å²) < 4.78 is 0. The van der Waals surface area contributed by atoms with Gasteiger partial charge in [-0.05, 0) is 36.8 Å². The summed E-state index contributed by atoms with van der Waals surface area (Å²) in [6.07, 6.45) is 4.46. The number of thioether (sulfide) groups is 1. The normalized spacial score (nSPS) is 21.0. The molecule has 1 aliphatic heterocycles. The van der Waals surface area contributed by atoms with E-state index in [4.69, 9.17) is 0 Å². The SMILES string of the molecule is CCc1ncc(CNCC2CCSC2)s1. The number of aromatic nitrogens is 1. The van der Waals surface area contributed by atoms with Crippen molar-refractivity contribution in [3.63, 3.8) is 0 Å². The van der Waals surface area contributed by atoms with Crippen LogP contribution in [0, 0.1) is 5.92 Å². The van der Waals surface area contributed by atoms with Crippen molar-refractivity contribution in [2.24, 2.45) is 5.92 Å². The Morgan fingerprint density at radius 3 is 3.20 bits per heavy atom. The second-order valence-electron chi connectivity index (χ2n) is 3.93. The van der Waals surface area contributed by atoms with E-state index < -0.39 is 0 Å². The molecule has 1 saturated heterocycles. The van der Waals surface area contributed by atoms with Crippen molar-refractivity contribution < 1.29 is 0 Å². The van der Waals surface area contributed by atoms with Gasteiger partial charge in [0.05, 0.1) is 5.01 Å². The molecule has 1 aromatic rings. The van der Waals surface area contributed by atoms with Gasteiger partial charge in [0.15, 0.2) is 0 Å². The van der Waals surface area contributed by atoms with Crippen LogP contribution in [0.15, 0.2) is 6.20 Å². The molecule has 1 aliphatic rings. The third kappa shape index (κ3) is 3.47. The first kappa shape index (κ1) is 11.4. The number of hydrogen-bond acceptors (Lipinski definition) is 4. The molecular formula is C11H18N2S2. The van der Waals surface area contributed by atoms with Crippen LogP contribution in [0.3, 0.4) is 0 Å². The first-order chi connectivity index (χ1) is 7.38. The molecule has 1 aromatic heterocycles. The number of nitrogens with one attached hydrogen (secondary N) is 1. The molecule has 1 atom stereocenters. The van der Waals surface area contributed by atoms with E-state index in [1.54, 1.807) is 0 Å². The lowest BCUT2D eigenvalue weighted by molar-refractivity contribution is 0.525. The van der Waals surface area contributed by atoms with Crippen LogP contribution in [0.1, 0.15) is 23.2 Å². The predicted molar refractivity (Wildman–Crippen MR) is 68.6 cm³/mol. The molecule has 2 heterocycles. The average molecular weight is 242 g/mol. The summed E-state index contributed by atoms with van der Waals surface area (Å²) in [7, 11) is 0. The van der Waals surface area contributed by atoms with Crippen molar-refractivity contribution >= 4 is 23.1 Å². The highest BCUT2D eigenvalue weighted by Crippen LogP contribution is 2.22. The maximum Gasteiger partial charge on any atom is 0.0925 e. The Morgan fingerprint density at radius 2 is 2.53 bits per heavy atom. The van der Waals surface area contributed by atoms with Crippen LogP contribution >= 0.6 is 23.1 Å². The highest BCUT2D eigenvalue weighted by molar-refractivity contribution is 7.99. The summed E-state index contributed by atoms with van der Waals surface area (Å²) in [6.45, 7) is 4.33. The monoisotopic (exact) mass is 242 g/mol. The summed E-state index contributed by atoms with van der Waals surface area (Å²) in [4.78, 5) is 5.73. The zero-order valence-corrected chi connectivity index (χ0v) is 10.8. The van der Waals surface area contributed by atoms with E-state index in [0.717, 1.165) is 18.9 Å². The molecule has 0 radical (unpaired) electrons. The Kier molecular flexibility index (Phi) is 4.47. The van der Waals surface area contributed by atoms with Crippen LogP contribution in [0.4, 0.5) is 0 Å². The summed E-state index contributed by atoms with van der Waals surface area (Å²) in [5.74, 6) is 3.59. The van der Waals surface area contributed by atoms with Crippen LogP contribution in [0.2, 0.25) is 0 Å². The van der Waals surface area contributed by atoms with Gasteiger partial charge < -0.3 is 5.32 Å². The molecule has 2 rings (SSSR count). The molecule has 84 valence electrons. The fraction of sp³-hybridized carbons (Fsp3) is 0.727. The number of hydrogen-bond donors (Lipinski definition) is 1. The molecule has 0 bridgehead atoms. The van der Waals surface area contributed by atoms with Gasteiger partial charge in [-0.3, -0.25) is 0 Å². The highest BCUT2D eigenvalue weighted by atomic mass is 32.2. The maximum atomic E-state index is 4.36. The maximum absolute atomic E-state index is 4.36. The van der Waals surface area contributed by atoms with Crippen molar-refractivity contribution in [2.45, 2.75) is 26.3 Å². The number of nitrogens with zero attached hydrogens (tertiary/aromatic N) is 1. The summed E-state index contributed by atoms with van der Waals surface area (Å²) in [5.41, 5.74) is 0. The molecule has 0 spiro atoms. The van der Waals surface area contributed by atoms with Gasteiger partial charge in [-0.2, -0.15) is 11.8 Å². The van der Waals surface area contributed by atoms with Crippen LogP contribution in [-0.2, 0) is 13.0 Å². The lowest BCUT2D eigenvalue weighted by atomic mass is 10.1. The fourth-order valence-corrected chi connectivity index (χ4v) is 3.85. The van der Waals surface area contributed by atoms with E-state index in [1.807, 2.05) is 17.5 Å². The van der Waals surface area contributed by atoms with E-state index in [9.17, 15) is 0 Å². The quantitative estimate of drug-likeness (QED) is 0.859. The Hall–Kier alpha value is -0.0600. The number of aryl methyl sites for hydroxylation is 1. The Labute approximate surface area is 99.9 Å².